The Labute approximate surface area is 156 Å². The van der Waals surface area contributed by atoms with Crippen molar-refractivity contribution in [2.45, 2.75) is 56.7 Å². The number of hydrogen-bond acceptors (Lipinski definition) is 3. The van der Waals surface area contributed by atoms with Crippen molar-refractivity contribution in [3.05, 3.63) is 29.3 Å². The van der Waals surface area contributed by atoms with Gasteiger partial charge >= 0.3 is 6.18 Å². The smallest absolute Gasteiger partial charge is 0.323 e. The van der Waals surface area contributed by atoms with Crippen LogP contribution in [0.25, 0.3) is 0 Å². The molecule has 1 aromatic carbocycles. The standard InChI is InChI=1S/C20H23F3N2O2/c21-20(22,23)16-8-4-7-15-17(16)24-18(27)19(15,13-5-2-1-3-6-13)25-11-9-14(26)10-12-25/h4,7-8,13H,1-3,5-6,9-12H2,(H,24,27). The summed E-state index contributed by atoms with van der Waals surface area (Å²) in [6.07, 6.45) is 0.815. The molecule has 4 rings (SSSR count). The number of nitrogens with one attached hydrogen (secondary N) is 1. The number of para-hydroxylation sites is 1. The molecule has 0 bridgehead atoms. The fourth-order valence-corrected chi connectivity index (χ4v) is 5.18. The van der Waals surface area contributed by atoms with E-state index in [-0.39, 0.29) is 23.3 Å². The molecule has 1 N–H and O–H groups in total. The normalized spacial score (nSPS) is 27.5. The van der Waals surface area contributed by atoms with Crippen LogP contribution in [0.2, 0.25) is 0 Å². The summed E-state index contributed by atoms with van der Waals surface area (Å²) in [7, 11) is 0. The van der Waals surface area contributed by atoms with E-state index in [1.54, 1.807) is 6.07 Å². The second-order valence-electron chi connectivity index (χ2n) is 7.81. The van der Waals surface area contributed by atoms with E-state index in [2.05, 4.69) is 5.32 Å². The van der Waals surface area contributed by atoms with Crippen molar-refractivity contribution < 1.29 is 22.8 Å². The minimum atomic E-state index is -4.53. The Hall–Kier alpha value is -1.89. The molecule has 1 aliphatic carbocycles. The van der Waals surface area contributed by atoms with Gasteiger partial charge in [-0.25, -0.2) is 0 Å². The number of Topliss-reactive ketones (excluding diaryl/α,β-unsaturated/α-hetero) is 1. The number of alkyl halides is 3. The van der Waals surface area contributed by atoms with E-state index in [0.717, 1.165) is 38.2 Å². The number of hydrogen-bond donors (Lipinski definition) is 1. The highest BCUT2D eigenvalue weighted by Gasteiger charge is 2.57. The van der Waals surface area contributed by atoms with Gasteiger partial charge in [0.2, 0.25) is 5.91 Å². The average molecular weight is 380 g/mol. The lowest BCUT2D eigenvalue weighted by atomic mass is 9.69. The van der Waals surface area contributed by atoms with Crippen LogP contribution in [0.1, 0.15) is 56.1 Å². The lowest BCUT2D eigenvalue weighted by Gasteiger charge is -2.47. The molecule has 2 heterocycles. The van der Waals surface area contributed by atoms with E-state index in [0.29, 0.717) is 31.5 Å². The first-order chi connectivity index (χ1) is 12.8. The first-order valence-corrected chi connectivity index (χ1v) is 9.64. The van der Waals surface area contributed by atoms with Crippen LogP contribution in [0.15, 0.2) is 18.2 Å². The first-order valence-electron chi connectivity index (χ1n) is 9.64. The molecule has 1 aromatic rings. The third-order valence-electron chi connectivity index (χ3n) is 6.38. The monoisotopic (exact) mass is 380 g/mol. The second-order valence-corrected chi connectivity index (χ2v) is 7.81. The summed E-state index contributed by atoms with van der Waals surface area (Å²) in [4.78, 5) is 27.0. The van der Waals surface area contributed by atoms with E-state index in [4.69, 9.17) is 0 Å². The topological polar surface area (TPSA) is 49.4 Å². The number of nitrogens with zero attached hydrogens (tertiary/aromatic N) is 1. The number of ketones is 1. The highest BCUT2D eigenvalue weighted by atomic mass is 19.4. The van der Waals surface area contributed by atoms with Crippen molar-refractivity contribution in [1.82, 2.24) is 4.90 Å². The molecule has 1 amide bonds. The summed E-state index contributed by atoms with van der Waals surface area (Å²) >= 11 is 0. The number of carbonyl (C=O) groups is 2. The Morgan fingerprint density at radius 2 is 1.70 bits per heavy atom. The number of carbonyl (C=O) groups excluding carboxylic acids is 2. The zero-order valence-electron chi connectivity index (χ0n) is 15.1. The van der Waals surface area contributed by atoms with Crippen LogP contribution in [-0.2, 0) is 21.3 Å². The number of rotatable bonds is 2. The molecule has 1 saturated carbocycles. The van der Waals surface area contributed by atoms with Gasteiger partial charge in [-0.15, -0.1) is 0 Å². The quantitative estimate of drug-likeness (QED) is 0.841. The Balaban J connectivity index is 1.87. The third kappa shape index (κ3) is 2.87. The molecule has 0 spiro atoms. The van der Waals surface area contributed by atoms with E-state index in [1.807, 2.05) is 4.90 Å². The fraction of sp³-hybridized carbons (Fsp3) is 0.600. The minimum Gasteiger partial charge on any atom is -0.323 e. The molecule has 27 heavy (non-hydrogen) atoms. The lowest BCUT2D eigenvalue weighted by Crippen LogP contribution is -2.58. The van der Waals surface area contributed by atoms with Crippen molar-refractivity contribution in [3.8, 4) is 0 Å². The maximum absolute atomic E-state index is 13.5. The van der Waals surface area contributed by atoms with Gasteiger partial charge in [0.15, 0.2) is 0 Å². The van der Waals surface area contributed by atoms with Crippen molar-refractivity contribution in [3.63, 3.8) is 0 Å². The Morgan fingerprint density at radius 1 is 1.04 bits per heavy atom. The summed E-state index contributed by atoms with van der Waals surface area (Å²) in [6.45, 7) is 0.830. The molecule has 0 aromatic heterocycles. The second kappa shape index (κ2) is 6.62. The Kier molecular flexibility index (Phi) is 4.53. The molecule has 7 heteroatoms. The zero-order chi connectivity index (χ0) is 19.2. The molecule has 146 valence electrons. The molecule has 1 atom stereocenters. The van der Waals surface area contributed by atoms with Crippen LogP contribution in [-0.4, -0.2) is 29.7 Å². The average Bonchev–Trinajstić information content (AvgIpc) is 2.95. The number of benzene rings is 1. The van der Waals surface area contributed by atoms with Gasteiger partial charge in [0.05, 0.1) is 11.3 Å². The number of anilines is 1. The zero-order valence-corrected chi connectivity index (χ0v) is 15.1. The molecular weight excluding hydrogens is 357 g/mol. The maximum atomic E-state index is 13.5. The Bertz CT molecular complexity index is 761. The van der Waals surface area contributed by atoms with Crippen molar-refractivity contribution in [2.75, 3.05) is 18.4 Å². The van der Waals surface area contributed by atoms with E-state index in [1.165, 1.54) is 6.07 Å². The third-order valence-corrected chi connectivity index (χ3v) is 6.38. The number of amides is 1. The van der Waals surface area contributed by atoms with Crippen LogP contribution < -0.4 is 5.32 Å². The van der Waals surface area contributed by atoms with Gasteiger partial charge in [0.1, 0.15) is 11.3 Å². The lowest BCUT2D eigenvalue weighted by molar-refractivity contribution is -0.138. The Morgan fingerprint density at radius 3 is 2.33 bits per heavy atom. The fourth-order valence-electron chi connectivity index (χ4n) is 5.18. The number of likely N-dealkylation sites (tertiary alicyclic amines) is 1. The van der Waals surface area contributed by atoms with E-state index in [9.17, 15) is 22.8 Å². The molecule has 1 saturated heterocycles. The minimum absolute atomic E-state index is 0.0378. The predicted octanol–water partition coefficient (Wildman–Crippen LogP) is 4.10. The maximum Gasteiger partial charge on any atom is 0.418 e. The molecule has 2 aliphatic heterocycles. The van der Waals surface area contributed by atoms with Gasteiger partial charge in [-0.1, -0.05) is 31.4 Å². The van der Waals surface area contributed by atoms with Crippen molar-refractivity contribution >= 4 is 17.4 Å². The van der Waals surface area contributed by atoms with Crippen molar-refractivity contribution in [1.29, 1.82) is 0 Å². The molecular formula is C20H23F3N2O2. The number of fused-ring (bicyclic) bond motifs is 1. The van der Waals surface area contributed by atoms with Gasteiger partial charge in [-0.3, -0.25) is 14.5 Å². The largest absolute Gasteiger partial charge is 0.418 e. The van der Waals surface area contributed by atoms with E-state index < -0.39 is 17.3 Å². The number of halogens is 3. The van der Waals surface area contributed by atoms with Crippen molar-refractivity contribution in [2.24, 2.45) is 5.92 Å². The molecule has 1 unspecified atom stereocenters. The molecule has 4 nitrogen and oxygen atoms in total. The van der Waals surface area contributed by atoms with Gasteiger partial charge in [0.25, 0.3) is 0 Å². The summed E-state index contributed by atoms with van der Waals surface area (Å²) < 4.78 is 40.6. The summed E-state index contributed by atoms with van der Waals surface area (Å²) in [5, 5.41) is 2.58. The van der Waals surface area contributed by atoms with Gasteiger partial charge in [-0.05, 0) is 24.8 Å². The SMILES string of the molecule is O=C1CCN(C2(C3CCCCC3)C(=O)Nc3c(C(F)(F)F)cccc32)CC1. The van der Waals surface area contributed by atoms with E-state index >= 15 is 0 Å². The molecule has 0 radical (unpaired) electrons. The highest BCUT2D eigenvalue weighted by molar-refractivity contribution is 6.07. The number of piperidine rings is 1. The van der Waals surface area contributed by atoms with Crippen LogP contribution in [0.4, 0.5) is 18.9 Å². The van der Waals surface area contributed by atoms with Crippen LogP contribution >= 0.6 is 0 Å². The summed E-state index contributed by atoms with van der Waals surface area (Å²) in [5.74, 6) is -0.257. The summed E-state index contributed by atoms with van der Waals surface area (Å²) in [5.41, 5.74) is -1.56. The van der Waals surface area contributed by atoms with Gasteiger partial charge in [0, 0.05) is 31.5 Å². The van der Waals surface area contributed by atoms with Gasteiger partial charge in [-0.2, -0.15) is 13.2 Å². The summed E-state index contributed by atoms with van der Waals surface area (Å²) in [6, 6.07) is 4.08. The highest BCUT2D eigenvalue weighted by Crippen LogP contribution is 2.53. The van der Waals surface area contributed by atoms with Crippen LogP contribution in [0, 0.1) is 5.92 Å². The van der Waals surface area contributed by atoms with Crippen LogP contribution in [0.3, 0.4) is 0 Å². The first kappa shape index (κ1) is 18.5. The van der Waals surface area contributed by atoms with Crippen LogP contribution in [0.5, 0.6) is 0 Å². The predicted molar refractivity (Wildman–Crippen MR) is 94.1 cm³/mol. The molecule has 3 aliphatic rings. The van der Waals surface area contributed by atoms with Gasteiger partial charge < -0.3 is 5.32 Å². The molecule has 2 fully saturated rings.